The van der Waals surface area contributed by atoms with Crippen molar-refractivity contribution in [3.8, 4) is 22.5 Å². The molecule has 5 rings (SSSR count). The zero-order valence-corrected chi connectivity index (χ0v) is 19.8. The molecule has 1 aliphatic heterocycles. The second-order valence-electron chi connectivity index (χ2n) is 8.24. The Morgan fingerprint density at radius 3 is 2.43 bits per heavy atom. The lowest BCUT2D eigenvalue weighted by molar-refractivity contribution is 0.0740. The molecule has 3 aromatic heterocycles. The summed E-state index contributed by atoms with van der Waals surface area (Å²) in [6.45, 7) is 4.18. The molecule has 35 heavy (non-hydrogen) atoms. The monoisotopic (exact) mass is 488 g/mol. The SMILES string of the molecule is Cc1cccnc1C(=O)N1CCN(c2cnc(-c3ccc(F)cc3)c(-c3ccncc3Cl)n2)CC1. The molecule has 4 aromatic rings. The standard InChI is InChI=1S/C26H22ClFN6O/c1-17-3-2-9-30-23(17)26(35)34-13-11-33(12-14-34)22-16-31-24(18-4-6-19(28)7-5-18)25(32-22)20-8-10-29-15-21(20)27/h2-10,15-16H,11-14H2,1H3. The van der Waals surface area contributed by atoms with Crippen LogP contribution in [-0.2, 0) is 0 Å². The molecule has 0 spiro atoms. The Balaban J connectivity index is 1.43. The van der Waals surface area contributed by atoms with Gasteiger partial charge in [-0.2, -0.15) is 0 Å². The molecule has 1 saturated heterocycles. The maximum atomic E-state index is 13.5. The number of carbonyl (C=O) groups excluding carboxylic acids is 1. The van der Waals surface area contributed by atoms with Gasteiger partial charge in [0.2, 0.25) is 0 Å². The number of halogens is 2. The Hall–Kier alpha value is -3.91. The van der Waals surface area contributed by atoms with Gasteiger partial charge in [-0.25, -0.2) is 9.37 Å². The van der Waals surface area contributed by atoms with Crippen molar-refractivity contribution < 1.29 is 9.18 Å². The fraction of sp³-hybridized carbons (Fsp3) is 0.192. The number of pyridine rings is 2. The van der Waals surface area contributed by atoms with E-state index in [-0.39, 0.29) is 11.7 Å². The number of benzene rings is 1. The fourth-order valence-corrected chi connectivity index (χ4v) is 4.31. The van der Waals surface area contributed by atoms with Gasteiger partial charge in [0.1, 0.15) is 23.0 Å². The second kappa shape index (κ2) is 9.76. The number of rotatable bonds is 4. The van der Waals surface area contributed by atoms with E-state index in [2.05, 4.69) is 19.9 Å². The maximum absolute atomic E-state index is 13.5. The number of aromatic nitrogens is 4. The van der Waals surface area contributed by atoms with Crippen molar-refractivity contribution in [2.45, 2.75) is 6.92 Å². The maximum Gasteiger partial charge on any atom is 0.272 e. The smallest absolute Gasteiger partial charge is 0.272 e. The lowest BCUT2D eigenvalue weighted by Gasteiger charge is -2.35. The molecule has 0 saturated carbocycles. The highest BCUT2D eigenvalue weighted by atomic mass is 35.5. The number of hydrogen-bond donors (Lipinski definition) is 0. The van der Waals surface area contributed by atoms with Crippen LogP contribution in [0.4, 0.5) is 10.2 Å². The summed E-state index contributed by atoms with van der Waals surface area (Å²) in [5.41, 5.74) is 3.95. The minimum Gasteiger partial charge on any atom is -0.352 e. The van der Waals surface area contributed by atoms with Crippen molar-refractivity contribution in [1.82, 2.24) is 24.8 Å². The van der Waals surface area contributed by atoms with Crippen LogP contribution in [0.3, 0.4) is 0 Å². The number of piperazine rings is 1. The van der Waals surface area contributed by atoms with Crippen LogP contribution >= 0.6 is 11.6 Å². The van der Waals surface area contributed by atoms with E-state index < -0.39 is 0 Å². The zero-order valence-electron chi connectivity index (χ0n) is 19.0. The highest BCUT2D eigenvalue weighted by molar-refractivity contribution is 6.33. The Morgan fingerprint density at radius 2 is 1.71 bits per heavy atom. The van der Waals surface area contributed by atoms with Crippen LogP contribution in [0.25, 0.3) is 22.5 Å². The van der Waals surface area contributed by atoms with E-state index in [1.165, 1.54) is 12.1 Å². The Labute approximate surface area is 207 Å². The summed E-state index contributed by atoms with van der Waals surface area (Å²) in [7, 11) is 0. The van der Waals surface area contributed by atoms with E-state index in [0.717, 1.165) is 11.1 Å². The van der Waals surface area contributed by atoms with Crippen LogP contribution in [0, 0.1) is 12.7 Å². The van der Waals surface area contributed by atoms with Crippen LogP contribution in [0.2, 0.25) is 5.02 Å². The molecule has 1 fully saturated rings. The van der Waals surface area contributed by atoms with Gasteiger partial charge in [-0.05, 0) is 48.9 Å². The summed E-state index contributed by atoms with van der Waals surface area (Å²) in [5.74, 6) is 0.291. The van der Waals surface area contributed by atoms with Crippen LogP contribution < -0.4 is 4.90 Å². The van der Waals surface area contributed by atoms with Gasteiger partial charge < -0.3 is 9.80 Å². The Morgan fingerprint density at radius 1 is 0.943 bits per heavy atom. The van der Waals surface area contributed by atoms with Crippen molar-refractivity contribution >= 4 is 23.3 Å². The summed E-state index contributed by atoms with van der Waals surface area (Å²) in [6, 6.07) is 11.6. The van der Waals surface area contributed by atoms with Crippen molar-refractivity contribution in [2.75, 3.05) is 31.1 Å². The van der Waals surface area contributed by atoms with Gasteiger partial charge in [0, 0.05) is 55.9 Å². The number of amides is 1. The molecular weight excluding hydrogens is 467 g/mol. The number of hydrogen-bond acceptors (Lipinski definition) is 6. The van der Waals surface area contributed by atoms with E-state index in [1.807, 2.05) is 24.0 Å². The van der Waals surface area contributed by atoms with Gasteiger partial charge in [0.15, 0.2) is 0 Å². The molecule has 0 unspecified atom stereocenters. The van der Waals surface area contributed by atoms with Gasteiger partial charge in [0.25, 0.3) is 5.91 Å². The first-order valence-electron chi connectivity index (χ1n) is 11.2. The van der Waals surface area contributed by atoms with Crippen molar-refractivity contribution in [3.63, 3.8) is 0 Å². The summed E-state index contributed by atoms with van der Waals surface area (Å²) in [5, 5.41) is 0.448. The van der Waals surface area contributed by atoms with Crippen molar-refractivity contribution in [3.05, 3.63) is 89.3 Å². The Bertz CT molecular complexity index is 1370. The lowest BCUT2D eigenvalue weighted by Crippen LogP contribution is -2.49. The molecule has 7 nitrogen and oxygen atoms in total. The normalized spacial score (nSPS) is 13.7. The number of nitrogens with zero attached hydrogens (tertiary/aromatic N) is 6. The summed E-state index contributed by atoms with van der Waals surface area (Å²) in [4.78, 5) is 34.8. The largest absolute Gasteiger partial charge is 0.352 e. The first kappa shape index (κ1) is 22.9. The van der Waals surface area contributed by atoms with E-state index in [4.69, 9.17) is 16.6 Å². The molecule has 0 atom stereocenters. The van der Waals surface area contributed by atoms with E-state index in [9.17, 15) is 9.18 Å². The van der Waals surface area contributed by atoms with Gasteiger partial charge >= 0.3 is 0 Å². The quantitative estimate of drug-likeness (QED) is 0.416. The molecule has 0 bridgehead atoms. The molecule has 0 N–H and O–H groups in total. The molecule has 1 aromatic carbocycles. The van der Waals surface area contributed by atoms with Gasteiger partial charge in [-0.15, -0.1) is 0 Å². The third-order valence-electron chi connectivity index (χ3n) is 6.01. The van der Waals surface area contributed by atoms with Crippen molar-refractivity contribution in [2.24, 2.45) is 0 Å². The van der Waals surface area contributed by atoms with Gasteiger partial charge in [-0.3, -0.25) is 19.7 Å². The average Bonchev–Trinajstić information content (AvgIpc) is 2.89. The molecule has 176 valence electrons. The third-order valence-corrected chi connectivity index (χ3v) is 6.31. The molecule has 1 amide bonds. The van der Waals surface area contributed by atoms with Gasteiger partial charge in [-0.1, -0.05) is 17.7 Å². The first-order chi connectivity index (χ1) is 17.0. The molecule has 9 heteroatoms. The molecule has 0 aliphatic carbocycles. The molecule has 0 radical (unpaired) electrons. The minimum absolute atomic E-state index is 0.0650. The van der Waals surface area contributed by atoms with Crippen LogP contribution in [0.1, 0.15) is 16.1 Å². The summed E-state index contributed by atoms with van der Waals surface area (Å²) in [6.07, 6.45) is 6.55. The highest BCUT2D eigenvalue weighted by Crippen LogP contribution is 2.34. The predicted octanol–water partition coefficient (Wildman–Crippen LogP) is 4.66. The number of anilines is 1. The predicted molar refractivity (Wildman–Crippen MR) is 133 cm³/mol. The summed E-state index contributed by atoms with van der Waals surface area (Å²) >= 11 is 6.45. The highest BCUT2D eigenvalue weighted by Gasteiger charge is 2.25. The zero-order chi connectivity index (χ0) is 24.4. The van der Waals surface area contributed by atoms with Gasteiger partial charge in [0.05, 0.1) is 16.9 Å². The number of aryl methyl sites for hydroxylation is 1. The lowest BCUT2D eigenvalue weighted by atomic mass is 10.0. The molecule has 4 heterocycles. The third kappa shape index (κ3) is 4.70. The topological polar surface area (TPSA) is 75.1 Å². The average molecular weight is 489 g/mol. The van der Waals surface area contributed by atoms with E-state index >= 15 is 0 Å². The minimum atomic E-state index is -0.324. The van der Waals surface area contributed by atoms with E-state index in [1.54, 1.807) is 43.0 Å². The van der Waals surface area contributed by atoms with E-state index in [0.29, 0.717) is 59.7 Å². The Kier molecular flexibility index (Phi) is 6.37. The van der Waals surface area contributed by atoms with Crippen molar-refractivity contribution in [1.29, 1.82) is 0 Å². The number of carbonyl (C=O) groups is 1. The summed E-state index contributed by atoms with van der Waals surface area (Å²) < 4.78 is 13.5. The van der Waals surface area contributed by atoms with Crippen LogP contribution in [-0.4, -0.2) is 56.9 Å². The molecular formula is C26H22ClFN6O. The first-order valence-corrected chi connectivity index (χ1v) is 11.6. The fourth-order valence-electron chi connectivity index (χ4n) is 4.10. The molecule has 1 aliphatic rings. The van der Waals surface area contributed by atoms with Crippen LogP contribution in [0.5, 0.6) is 0 Å². The second-order valence-corrected chi connectivity index (χ2v) is 8.64. The van der Waals surface area contributed by atoms with Crippen LogP contribution in [0.15, 0.2) is 67.3 Å².